The third-order valence-electron chi connectivity index (χ3n) is 6.70. The van der Waals surface area contributed by atoms with Gasteiger partial charge in [-0.25, -0.2) is 4.39 Å². The molecule has 0 saturated carbocycles. The summed E-state index contributed by atoms with van der Waals surface area (Å²) in [5.74, 6) is -0.755. The summed E-state index contributed by atoms with van der Waals surface area (Å²) in [6, 6.07) is 18.0. The zero-order chi connectivity index (χ0) is 29.2. The van der Waals surface area contributed by atoms with E-state index >= 15 is 0 Å². The van der Waals surface area contributed by atoms with Crippen molar-refractivity contribution in [1.29, 1.82) is 0 Å². The minimum Gasteiger partial charge on any atom is -0.494 e. The van der Waals surface area contributed by atoms with Gasteiger partial charge in [0.1, 0.15) is 17.3 Å². The quantitative estimate of drug-likeness (QED) is 0.120. The second-order valence-electron chi connectivity index (χ2n) is 9.87. The van der Waals surface area contributed by atoms with Crippen LogP contribution in [0.2, 0.25) is 0 Å². The van der Waals surface area contributed by atoms with E-state index in [-0.39, 0.29) is 18.7 Å². The van der Waals surface area contributed by atoms with Crippen LogP contribution >= 0.6 is 0 Å². The van der Waals surface area contributed by atoms with E-state index in [1.165, 1.54) is 12.1 Å². The van der Waals surface area contributed by atoms with Crippen LogP contribution in [-0.2, 0) is 22.6 Å². The Labute approximate surface area is 238 Å². The third kappa shape index (κ3) is 8.45. The standard InChI is InChI=1S/C33H34FNO6/c1-23-9-14-27(34)21-30(23)41-19-3-2-18-40-28-15-11-24(12-16-28)10-13-25-6-4-7-29-33(25)26(20-32(38)39)22-35(29)17-5-8-31(36)37/h4,6-7,9-16,21-22H,2-3,5,8,17-20H2,1H3,(H,36,37)(H,38,39). The molecule has 4 rings (SSSR count). The summed E-state index contributed by atoms with van der Waals surface area (Å²) in [6.45, 7) is 3.41. The average Bonchev–Trinajstić information content (AvgIpc) is 3.28. The fraction of sp³-hybridized carbons (Fsp3) is 0.273. The largest absolute Gasteiger partial charge is 0.494 e. The molecule has 1 aromatic heterocycles. The van der Waals surface area contributed by atoms with E-state index in [9.17, 15) is 19.1 Å². The molecule has 0 aliphatic rings. The van der Waals surface area contributed by atoms with E-state index < -0.39 is 11.9 Å². The zero-order valence-corrected chi connectivity index (χ0v) is 23.0. The molecule has 2 N–H and O–H groups in total. The first kappa shape index (κ1) is 29.4. The van der Waals surface area contributed by atoms with Crippen molar-refractivity contribution in [2.45, 2.75) is 45.6 Å². The molecule has 0 fully saturated rings. The van der Waals surface area contributed by atoms with Gasteiger partial charge in [0.2, 0.25) is 0 Å². The molecule has 41 heavy (non-hydrogen) atoms. The average molecular weight is 560 g/mol. The minimum atomic E-state index is -0.918. The van der Waals surface area contributed by atoms with Gasteiger partial charge in [0.05, 0.1) is 19.6 Å². The van der Waals surface area contributed by atoms with Crippen molar-refractivity contribution >= 4 is 35.0 Å². The van der Waals surface area contributed by atoms with Gasteiger partial charge in [0.25, 0.3) is 0 Å². The minimum absolute atomic E-state index is 0.0535. The molecule has 0 amide bonds. The highest BCUT2D eigenvalue weighted by Gasteiger charge is 2.14. The van der Waals surface area contributed by atoms with Crippen molar-refractivity contribution in [2.75, 3.05) is 13.2 Å². The Balaban J connectivity index is 1.34. The summed E-state index contributed by atoms with van der Waals surface area (Å²) in [5.41, 5.74) is 4.35. The fourth-order valence-corrected chi connectivity index (χ4v) is 4.66. The first-order valence-electron chi connectivity index (χ1n) is 13.6. The summed E-state index contributed by atoms with van der Waals surface area (Å²) in [7, 11) is 0. The lowest BCUT2D eigenvalue weighted by Gasteiger charge is -2.10. The molecule has 4 aromatic rings. The Kier molecular flexibility index (Phi) is 10.2. The van der Waals surface area contributed by atoms with Gasteiger partial charge in [-0.15, -0.1) is 0 Å². The highest BCUT2D eigenvalue weighted by molar-refractivity contribution is 5.96. The van der Waals surface area contributed by atoms with E-state index in [1.807, 2.05) is 72.3 Å². The number of hydrogen-bond acceptors (Lipinski definition) is 4. The number of aromatic nitrogens is 1. The maximum atomic E-state index is 13.4. The van der Waals surface area contributed by atoms with Crippen molar-refractivity contribution in [3.63, 3.8) is 0 Å². The van der Waals surface area contributed by atoms with Gasteiger partial charge in [-0.3, -0.25) is 9.59 Å². The topological polar surface area (TPSA) is 98.0 Å². The van der Waals surface area contributed by atoms with Crippen LogP contribution in [-0.4, -0.2) is 39.9 Å². The van der Waals surface area contributed by atoms with Gasteiger partial charge in [-0.05, 0) is 72.7 Å². The van der Waals surface area contributed by atoms with Crippen LogP contribution in [0.3, 0.4) is 0 Å². The number of carboxylic acids is 2. The lowest BCUT2D eigenvalue weighted by molar-refractivity contribution is -0.137. The number of benzene rings is 3. The number of halogens is 1. The Hall–Kier alpha value is -4.59. The summed E-state index contributed by atoms with van der Waals surface area (Å²) in [5, 5.41) is 19.3. The number of rotatable bonds is 15. The molecule has 0 saturated heterocycles. The Morgan fingerprint density at radius 3 is 2.39 bits per heavy atom. The van der Waals surface area contributed by atoms with Crippen LogP contribution in [0, 0.1) is 12.7 Å². The van der Waals surface area contributed by atoms with Gasteiger partial charge < -0.3 is 24.3 Å². The number of aliphatic carboxylic acids is 2. The zero-order valence-electron chi connectivity index (χ0n) is 23.0. The Morgan fingerprint density at radius 1 is 0.902 bits per heavy atom. The maximum absolute atomic E-state index is 13.4. The molecule has 214 valence electrons. The number of carboxylic acid groups (broad SMARTS) is 2. The Morgan fingerprint density at radius 2 is 1.66 bits per heavy atom. The molecule has 0 atom stereocenters. The van der Waals surface area contributed by atoms with Gasteiger partial charge >= 0.3 is 11.9 Å². The van der Waals surface area contributed by atoms with Gasteiger partial charge in [-0.1, -0.05) is 42.5 Å². The molecule has 0 unspecified atom stereocenters. The maximum Gasteiger partial charge on any atom is 0.307 e. The first-order chi connectivity index (χ1) is 19.8. The molecule has 0 aliphatic carbocycles. The molecule has 8 heteroatoms. The van der Waals surface area contributed by atoms with Crippen LogP contribution in [0.5, 0.6) is 11.5 Å². The van der Waals surface area contributed by atoms with Crippen molar-refractivity contribution in [1.82, 2.24) is 4.57 Å². The van der Waals surface area contributed by atoms with E-state index in [1.54, 1.807) is 6.07 Å². The number of fused-ring (bicyclic) bond motifs is 1. The molecule has 1 heterocycles. The lowest BCUT2D eigenvalue weighted by atomic mass is 10.0. The fourth-order valence-electron chi connectivity index (χ4n) is 4.66. The number of aryl methyl sites for hydroxylation is 2. The van der Waals surface area contributed by atoms with Crippen molar-refractivity contribution in [3.05, 3.63) is 94.9 Å². The highest BCUT2D eigenvalue weighted by Crippen LogP contribution is 2.28. The monoisotopic (exact) mass is 559 g/mol. The number of ether oxygens (including phenoxy) is 2. The summed E-state index contributed by atoms with van der Waals surface area (Å²) in [6.07, 6.45) is 7.74. The first-order valence-corrected chi connectivity index (χ1v) is 13.6. The summed E-state index contributed by atoms with van der Waals surface area (Å²) >= 11 is 0. The predicted octanol–water partition coefficient (Wildman–Crippen LogP) is 6.99. The molecular weight excluding hydrogens is 525 g/mol. The van der Waals surface area contributed by atoms with E-state index in [0.29, 0.717) is 37.5 Å². The summed E-state index contributed by atoms with van der Waals surface area (Å²) in [4.78, 5) is 22.5. The summed E-state index contributed by atoms with van der Waals surface area (Å²) < 4.78 is 26.8. The van der Waals surface area contributed by atoms with Gasteiger partial charge in [0, 0.05) is 36.1 Å². The van der Waals surface area contributed by atoms with Crippen LogP contribution in [0.1, 0.15) is 47.9 Å². The van der Waals surface area contributed by atoms with Crippen molar-refractivity contribution in [2.24, 2.45) is 0 Å². The Bertz CT molecular complexity index is 1520. The van der Waals surface area contributed by atoms with Crippen molar-refractivity contribution < 1.29 is 33.7 Å². The predicted molar refractivity (Wildman–Crippen MR) is 157 cm³/mol. The van der Waals surface area contributed by atoms with Crippen LogP contribution in [0.4, 0.5) is 4.39 Å². The smallest absolute Gasteiger partial charge is 0.307 e. The third-order valence-corrected chi connectivity index (χ3v) is 6.70. The van der Waals surface area contributed by atoms with E-state index in [2.05, 4.69) is 0 Å². The van der Waals surface area contributed by atoms with Crippen LogP contribution in [0.15, 0.2) is 66.9 Å². The van der Waals surface area contributed by atoms with Crippen molar-refractivity contribution in [3.8, 4) is 11.5 Å². The molecule has 7 nitrogen and oxygen atoms in total. The SMILES string of the molecule is Cc1ccc(F)cc1OCCCCOc1ccc(C=Cc2cccc3c2c(CC(=O)O)cn3CCCC(=O)O)cc1. The van der Waals surface area contributed by atoms with Crippen LogP contribution < -0.4 is 9.47 Å². The molecule has 0 bridgehead atoms. The second-order valence-corrected chi connectivity index (χ2v) is 9.87. The van der Waals surface area contributed by atoms with Gasteiger partial charge in [-0.2, -0.15) is 0 Å². The second kappa shape index (κ2) is 14.2. The number of hydrogen-bond donors (Lipinski definition) is 2. The molecular formula is C33H34FNO6. The number of carbonyl (C=O) groups is 2. The normalized spacial score (nSPS) is 11.3. The molecule has 0 radical (unpaired) electrons. The molecule has 0 aliphatic heterocycles. The molecule has 0 spiro atoms. The van der Waals surface area contributed by atoms with E-state index in [0.717, 1.165) is 46.2 Å². The van der Waals surface area contributed by atoms with Crippen LogP contribution in [0.25, 0.3) is 23.1 Å². The number of nitrogens with zero attached hydrogens (tertiary/aromatic N) is 1. The van der Waals surface area contributed by atoms with Gasteiger partial charge in [0.15, 0.2) is 0 Å². The number of unbranched alkanes of at least 4 members (excludes halogenated alkanes) is 1. The van der Waals surface area contributed by atoms with E-state index in [4.69, 9.17) is 14.6 Å². The lowest BCUT2D eigenvalue weighted by Crippen LogP contribution is -2.03. The molecule has 3 aromatic carbocycles. The highest BCUT2D eigenvalue weighted by atomic mass is 19.1.